The van der Waals surface area contributed by atoms with E-state index in [9.17, 15) is 35.5 Å². The first-order chi connectivity index (χ1) is 8.06. The molecule has 0 saturated carbocycles. The van der Waals surface area contributed by atoms with Crippen LogP contribution in [0.2, 0.25) is 0 Å². The van der Waals surface area contributed by atoms with Crippen LogP contribution in [0.3, 0.4) is 0 Å². The van der Waals surface area contributed by atoms with Gasteiger partial charge in [-0.05, 0) is 12.8 Å². The Balaban J connectivity index is 2.61. The number of carbonyl (C=O) groups is 1. The SMILES string of the molecule is O=C(N1CCC(C(F)(F)F)CC1)C(F)(F)C(F)F. The van der Waals surface area contributed by atoms with Crippen LogP contribution in [0.1, 0.15) is 12.8 Å². The second kappa shape index (κ2) is 4.93. The number of alkyl halides is 7. The summed E-state index contributed by atoms with van der Waals surface area (Å²) in [4.78, 5) is 11.4. The predicted molar refractivity (Wildman–Crippen MR) is 46.3 cm³/mol. The molecular formula is C9H10F7NO. The molecule has 0 unspecified atom stereocenters. The van der Waals surface area contributed by atoms with Gasteiger partial charge in [0.15, 0.2) is 0 Å². The highest BCUT2D eigenvalue weighted by Gasteiger charge is 2.52. The first-order valence-electron chi connectivity index (χ1n) is 5.09. The highest BCUT2D eigenvalue weighted by Crippen LogP contribution is 2.35. The van der Waals surface area contributed by atoms with Gasteiger partial charge in [0, 0.05) is 13.1 Å². The Morgan fingerprint density at radius 3 is 1.83 bits per heavy atom. The summed E-state index contributed by atoms with van der Waals surface area (Å²) in [6.45, 7) is -1.18. The zero-order valence-electron chi connectivity index (χ0n) is 8.98. The van der Waals surface area contributed by atoms with Crippen LogP contribution in [0.25, 0.3) is 0 Å². The van der Waals surface area contributed by atoms with Gasteiger partial charge in [-0.25, -0.2) is 8.78 Å². The number of piperidine rings is 1. The standard InChI is InChI=1S/C9H10F7NO/c10-6(11)8(12,13)7(18)17-3-1-5(2-4-17)9(14,15)16/h5-6H,1-4H2. The highest BCUT2D eigenvalue weighted by atomic mass is 19.4. The molecular weight excluding hydrogens is 271 g/mol. The molecule has 0 aliphatic carbocycles. The maximum atomic E-state index is 12.7. The van der Waals surface area contributed by atoms with E-state index in [0.717, 1.165) is 0 Å². The number of halogens is 7. The molecule has 1 aliphatic heterocycles. The van der Waals surface area contributed by atoms with E-state index in [-0.39, 0.29) is 0 Å². The van der Waals surface area contributed by atoms with Crippen molar-refractivity contribution in [3.63, 3.8) is 0 Å². The molecule has 1 aliphatic rings. The van der Waals surface area contributed by atoms with E-state index in [0.29, 0.717) is 4.90 Å². The van der Waals surface area contributed by atoms with Crippen molar-refractivity contribution < 1.29 is 35.5 Å². The first-order valence-corrected chi connectivity index (χ1v) is 5.09. The summed E-state index contributed by atoms with van der Waals surface area (Å²) in [5, 5.41) is 0. The molecule has 9 heteroatoms. The van der Waals surface area contributed by atoms with Gasteiger partial charge in [0.05, 0.1) is 5.92 Å². The molecule has 1 rings (SSSR count). The van der Waals surface area contributed by atoms with Crippen molar-refractivity contribution in [3.05, 3.63) is 0 Å². The molecule has 18 heavy (non-hydrogen) atoms. The molecule has 0 N–H and O–H groups in total. The monoisotopic (exact) mass is 281 g/mol. The molecule has 106 valence electrons. The lowest BCUT2D eigenvalue weighted by Gasteiger charge is -2.34. The number of likely N-dealkylation sites (tertiary alicyclic amines) is 1. The maximum Gasteiger partial charge on any atom is 0.391 e. The van der Waals surface area contributed by atoms with E-state index in [4.69, 9.17) is 0 Å². The van der Waals surface area contributed by atoms with Gasteiger partial charge in [-0.15, -0.1) is 0 Å². The van der Waals surface area contributed by atoms with E-state index in [1.54, 1.807) is 0 Å². The molecule has 0 spiro atoms. The van der Waals surface area contributed by atoms with Crippen molar-refractivity contribution in [2.45, 2.75) is 31.4 Å². The molecule has 0 aromatic heterocycles. The average molecular weight is 281 g/mol. The molecule has 1 heterocycles. The Labute approximate surface area is 97.7 Å². The van der Waals surface area contributed by atoms with E-state index < -0.39 is 56.3 Å². The number of rotatable bonds is 2. The van der Waals surface area contributed by atoms with Crippen molar-refractivity contribution in [3.8, 4) is 0 Å². The summed E-state index contributed by atoms with van der Waals surface area (Å²) in [7, 11) is 0. The lowest BCUT2D eigenvalue weighted by Crippen LogP contribution is -2.51. The van der Waals surface area contributed by atoms with Crippen LogP contribution in [-0.4, -0.2) is 42.4 Å². The van der Waals surface area contributed by atoms with Crippen LogP contribution in [0.15, 0.2) is 0 Å². The second-order valence-electron chi connectivity index (χ2n) is 4.03. The fourth-order valence-electron chi connectivity index (χ4n) is 1.71. The third-order valence-electron chi connectivity index (χ3n) is 2.80. The summed E-state index contributed by atoms with van der Waals surface area (Å²) < 4.78 is 86.0. The lowest BCUT2D eigenvalue weighted by atomic mass is 9.96. The predicted octanol–water partition coefficient (Wildman–Crippen LogP) is 2.69. The third kappa shape index (κ3) is 3.05. The molecule has 1 saturated heterocycles. The summed E-state index contributed by atoms with van der Waals surface area (Å²) in [5.74, 6) is -8.63. The van der Waals surface area contributed by atoms with Crippen molar-refractivity contribution >= 4 is 5.91 Å². The molecule has 0 radical (unpaired) electrons. The molecule has 2 nitrogen and oxygen atoms in total. The van der Waals surface area contributed by atoms with E-state index in [2.05, 4.69) is 0 Å². The van der Waals surface area contributed by atoms with E-state index in [1.165, 1.54) is 0 Å². The summed E-state index contributed by atoms with van der Waals surface area (Å²) in [6, 6.07) is 0. The van der Waals surface area contributed by atoms with Gasteiger partial charge in [-0.2, -0.15) is 22.0 Å². The molecule has 0 aromatic rings. The largest absolute Gasteiger partial charge is 0.391 e. The Kier molecular flexibility index (Phi) is 4.12. The number of hydrogen-bond acceptors (Lipinski definition) is 1. The molecule has 1 amide bonds. The van der Waals surface area contributed by atoms with Crippen molar-refractivity contribution in [2.24, 2.45) is 5.92 Å². The minimum Gasteiger partial charge on any atom is -0.337 e. The zero-order chi connectivity index (χ0) is 14.1. The van der Waals surface area contributed by atoms with E-state index in [1.807, 2.05) is 0 Å². The highest BCUT2D eigenvalue weighted by molar-refractivity contribution is 5.84. The fraction of sp³-hybridized carbons (Fsp3) is 0.889. The van der Waals surface area contributed by atoms with Gasteiger partial charge >= 0.3 is 18.5 Å². The van der Waals surface area contributed by atoms with Gasteiger partial charge in [0.25, 0.3) is 5.91 Å². The number of hydrogen-bond donors (Lipinski definition) is 0. The first kappa shape index (κ1) is 15.0. The van der Waals surface area contributed by atoms with Crippen molar-refractivity contribution in [2.75, 3.05) is 13.1 Å². The Hall–Kier alpha value is -1.02. The zero-order valence-corrected chi connectivity index (χ0v) is 8.98. The summed E-state index contributed by atoms with van der Waals surface area (Å²) in [6.07, 6.45) is -9.71. The molecule has 1 fully saturated rings. The molecule has 0 atom stereocenters. The average Bonchev–Trinajstić information content (AvgIpc) is 2.26. The van der Waals surface area contributed by atoms with Crippen LogP contribution in [0.4, 0.5) is 30.7 Å². The number of nitrogens with zero attached hydrogens (tertiary/aromatic N) is 1. The third-order valence-corrected chi connectivity index (χ3v) is 2.80. The smallest absolute Gasteiger partial charge is 0.337 e. The minimum atomic E-state index is -4.84. The lowest BCUT2D eigenvalue weighted by molar-refractivity contribution is -0.196. The summed E-state index contributed by atoms with van der Waals surface area (Å²) >= 11 is 0. The van der Waals surface area contributed by atoms with Crippen LogP contribution in [-0.2, 0) is 4.79 Å². The van der Waals surface area contributed by atoms with Crippen LogP contribution in [0.5, 0.6) is 0 Å². The van der Waals surface area contributed by atoms with Crippen molar-refractivity contribution in [1.82, 2.24) is 4.90 Å². The van der Waals surface area contributed by atoms with E-state index >= 15 is 0 Å². The van der Waals surface area contributed by atoms with Crippen LogP contribution >= 0.6 is 0 Å². The van der Waals surface area contributed by atoms with Gasteiger partial charge < -0.3 is 4.90 Å². The fourth-order valence-corrected chi connectivity index (χ4v) is 1.71. The van der Waals surface area contributed by atoms with Gasteiger partial charge in [0.2, 0.25) is 0 Å². The van der Waals surface area contributed by atoms with Gasteiger partial charge in [-0.3, -0.25) is 4.79 Å². The van der Waals surface area contributed by atoms with Crippen LogP contribution in [0, 0.1) is 5.92 Å². The van der Waals surface area contributed by atoms with Gasteiger partial charge in [-0.1, -0.05) is 0 Å². The Morgan fingerprint density at radius 1 is 1.06 bits per heavy atom. The molecule has 0 bridgehead atoms. The Bertz CT molecular complexity index is 307. The number of amides is 1. The number of carbonyl (C=O) groups excluding carboxylic acids is 1. The van der Waals surface area contributed by atoms with Crippen molar-refractivity contribution in [1.29, 1.82) is 0 Å². The topological polar surface area (TPSA) is 20.3 Å². The second-order valence-corrected chi connectivity index (χ2v) is 4.03. The maximum absolute atomic E-state index is 12.7. The quantitative estimate of drug-likeness (QED) is 0.713. The van der Waals surface area contributed by atoms with Crippen LogP contribution < -0.4 is 0 Å². The van der Waals surface area contributed by atoms with Gasteiger partial charge in [0.1, 0.15) is 0 Å². The summed E-state index contributed by atoms with van der Waals surface area (Å²) in [5.41, 5.74) is 0. The Morgan fingerprint density at radius 2 is 1.50 bits per heavy atom. The normalized spacial score (nSPS) is 19.4. The minimum absolute atomic E-state index is 0.356. The molecule has 0 aromatic carbocycles.